The van der Waals surface area contributed by atoms with Crippen LogP contribution >= 0.6 is 0 Å². The molecule has 3 rings (SSSR count). The van der Waals surface area contributed by atoms with Gasteiger partial charge in [-0.1, -0.05) is 12.2 Å². The number of aliphatic carboxylic acids is 1. The molecule has 1 saturated heterocycles. The quantitative estimate of drug-likeness (QED) is 0.841. The highest BCUT2D eigenvalue weighted by molar-refractivity contribution is 5.91. The minimum Gasteiger partial charge on any atom is -0.481 e. The maximum Gasteiger partial charge on any atom is 0.307 e. The van der Waals surface area contributed by atoms with E-state index in [4.69, 9.17) is 4.42 Å². The summed E-state index contributed by atoms with van der Waals surface area (Å²) in [5, 5.41) is 9.31. The number of amides is 2. The van der Waals surface area contributed by atoms with Crippen LogP contribution in [-0.4, -0.2) is 58.9 Å². The third kappa shape index (κ3) is 3.20. The first-order valence-electron chi connectivity index (χ1n) is 8.07. The predicted molar refractivity (Wildman–Crippen MR) is 84.2 cm³/mol. The monoisotopic (exact) mass is 332 g/mol. The van der Waals surface area contributed by atoms with Gasteiger partial charge in [0.2, 0.25) is 5.91 Å². The van der Waals surface area contributed by atoms with Crippen molar-refractivity contribution in [1.82, 2.24) is 9.80 Å². The van der Waals surface area contributed by atoms with E-state index in [-0.39, 0.29) is 17.6 Å². The van der Waals surface area contributed by atoms with E-state index in [9.17, 15) is 19.5 Å². The Morgan fingerprint density at radius 2 is 1.62 bits per heavy atom. The fourth-order valence-corrected chi connectivity index (χ4v) is 3.28. The molecule has 0 spiro atoms. The first-order valence-corrected chi connectivity index (χ1v) is 8.07. The number of hydrogen-bond donors (Lipinski definition) is 1. The van der Waals surface area contributed by atoms with E-state index in [1.165, 1.54) is 6.26 Å². The average Bonchev–Trinajstić information content (AvgIpc) is 3.15. The van der Waals surface area contributed by atoms with Crippen LogP contribution in [0.3, 0.4) is 0 Å². The molecule has 0 aromatic carbocycles. The summed E-state index contributed by atoms with van der Waals surface area (Å²) >= 11 is 0. The molecule has 0 radical (unpaired) electrons. The number of furan rings is 1. The number of allylic oxidation sites excluding steroid dienone is 2. The van der Waals surface area contributed by atoms with Gasteiger partial charge in [0.25, 0.3) is 5.91 Å². The van der Waals surface area contributed by atoms with Crippen molar-refractivity contribution in [3.05, 3.63) is 36.3 Å². The van der Waals surface area contributed by atoms with Crippen LogP contribution in [-0.2, 0) is 9.59 Å². The summed E-state index contributed by atoms with van der Waals surface area (Å²) in [5.74, 6) is -2.12. The summed E-state index contributed by atoms with van der Waals surface area (Å²) in [6, 6.07) is 3.28. The van der Waals surface area contributed by atoms with Gasteiger partial charge in [0.15, 0.2) is 5.76 Å². The fourth-order valence-electron chi connectivity index (χ4n) is 3.28. The van der Waals surface area contributed by atoms with Gasteiger partial charge in [-0.2, -0.15) is 0 Å². The summed E-state index contributed by atoms with van der Waals surface area (Å²) in [6.45, 7) is 1.67. The maximum absolute atomic E-state index is 12.7. The Bertz CT molecular complexity index is 644. The van der Waals surface area contributed by atoms with Crippen LogP contribution in [0.4, 0.5) is 0 Å². The van der Waals surface area contributed by atoms with Crippen LogP contribution < -0.4 is 0 Å². The summed E-state index contributed by atoms with van der Waals surface area (Å²) in [6.07, 6.45) is 6.00. The fraction of sp³-hybridized carbons (Fsp3) is 0.471. The number of hydrogen-bond acceptors (Lipinski definition) is 4. The Hall–Kier alpha value is -2.57. The van der Waals surface area contributed by atoms with Gasteiger partial charge in [-0.25, -0.2) is 0 Å². The molecule has 1 aliphatic carbocycles. The molecule has 1 aliphatic heterocycles. The van der Waals surface area contributed by atoms with Crippen molar-refractivity contribution in [2.75, 3.05) is 26.2 Å². The van der Waals surface area contributed by atoms with Gasteiger partial charge in [0.1, 0.15) is 0 Å². The van der Waals surface area contributed by atoms with Crippen molar-refractivity contribution in [2.24, 2.45) is 11.8 Å². The van der Waals surface area contributed by atoms with Crippen molar-refractivity contribution in [3.8, 4) is 0 Å². The van der Waals surface area contributed by atoms with Crippen molar-refractivity contribution in [2.45, 2.75) is 12.8 Å². The molecule has 2 aliphatic rings. The zero-order valence-electron chi connectivity index (χ0n) is 13.3. The lowest BCUT2D eigenvalue weighted by molar-refractivity contribution is -0.151. The van der Waals surface area contributed by atoms with Crippen LogP contribution in [0.25, 0.3) is 0 Å². The molecule has 2 amide bonds. The summed E-state index contributed by atoms with van der Waals surface area (Å²) in [5.41, 5.74) is 0. The molecule has 1 fully saturated rings. The van der Waals surface area contributed by atoms with E-state index < -0.39 is 17.8 Å². The number of carboxylic acid groups (broad SMARTS) is 1. The maximum atomic E-state index is 12.7. The molecule has 128 valence electrons. The Morgan fingerprint density at radius 3 is 2.21 bits per heavy atom. The van der Waals surface area contributed by atoms with E-state index in [1.54, 1.807) is 21.9 Å². The van der Waals surface area contributed by atoms with Gasteiger partial charge in [-0.3, -0.25) is 14.4 Å². The molecule has 24 heavy (non-hydrogen) atoms. The molecule has 1 aromatic heterocycles. The lowest BCUT2D eigenvalue weighted by Crippen LogP contribution is -2.53. The van der Waals surface area contributed by atoms with Crippen LogP contribution in [0.15, 0.2) is 35.0 Å². The van der Waals surface area contributed by atoms with Crippen LogP contribution in [0.1, 0.15) is 23.4 Å². The van der Waals surface area contributed by atoms with Gasteiger partial charge in [-0.15, -0.1) is 0 Å². The molecule has 1 N–H and O–H groups in total. The molecule has 1 aromatic rings. The molecule has 2 unspecified atom stereocenters. The van der Waals surface area contributed by atoms with Crippen molar-refractivity contribution in [1.29, 1.82) is 0 Å². The molecule has 0 bridgehead atoms. The Labute approximate surface area is 139 Å². The van der Waals surface area contributed by atoms with E-state index in [1.807, 2.05) is 12.2 Å². The van der Waals surface area contributed by atoms with Gasteiger partial charge >= 0.3 is 5.97 Å². The molecule has 0 saturated carbocycles. The second-order valence-electron chi connectivity index (χ2n) is 6.09. The first kappa shape index (κ1) is 16.3. The molecule has 7 nitrogen and oxygen atoms in total. The van der Waals surface area contributed by atoms with Gasteiger partial charge in [0.05, 0.1) is 18.1 Å². The SMILES string of the molecule is O=C(O)C1CC=CCC1C(=O)N1CCN(C(=O)c2ccco2)CC1. The largest absolute Gasteiger partial charge is 0.481 e. The smallest absolute Gasteiger partial charge is 0.307 e. The molecule has 7 heteroatoms. The molecule has 2 heterocycles. The van der Waals surface area contributed by atoms with Crippen molar-refractivity contribution in [3.63, 3.8) is 0 Å². The number of piperazine rings is 1. The molecular formula is C17H20N2O5. The number of carbonyl (C=O) groups excluding carboxylic acids is 2. The predicted octanol–water partition coefficient (Wildman–Crippen LogP) is 1.23. The normalized spacial score (nSPS) is 24.0. The highest BCUT2D eigenvalue weighted by Crippen LogP contribution is 2.28. The minimum absolute atomic E-state index is 0.128. The zero-order valence-corrected chi connectivity index (χ0v) is 13.3. The number of carboxylic acids is 1. The van der Waals surface area contributed by atoms with Gasteiger partial charge in [0, 0.05) is 26.2 Å². The third-order valence-electron chi connectivity index (χ3n) is 4.68. The Morgan fingerprint density at radius 1 is 1.00 bits per heavy atom. The third-order valence-corrected chi connectivity index (χ3v) is 4.68. The molecule has 2 atom stereocenters. The van der Waals surface area contributed by atoms with Crippen LogP contribution in [0, 0.1) is 11.8 Å². The van der Waals surface area contributed by atoms with Crippen molar-refractivity contribution < 1.29 is 23.9 Å². The van der Waals surface area contributed by atoms with Gasteiger partial charge < -0.3 is 19.3 Å². The first-order chi connectivity index (χ1) is 11.6. The number of nitrogens with zero attached hydrogens (tertiary/aromatic N) is 2. The van der Waals surface area contributed by atoms with Gasteiger partial charge in [-0.05, 0) is 25.0 Å². The standard InChI is InChI=1S/C17H20N2O5/c20-15(12-4-1-2-5-13(12)17(22)23)18-7-9-19(10-8-18)16(21)14-6-3-11-24-14/h1-3,6,11-13H,4-5,7-10H2,(H,22,23). The second kappa shape index (κ2) is 6.90. The van der Waals surface area contributed by atoms with Crippen LogP contribution in [0.2, 0.25) is 0 Å². The van der Waals surface area contributed by atoms with E-state index >= 15 is 0 Å². The number of rotatable bonds is 3. The lowest BCUT2D eigenvalue weighted by atomic mass is 9.82. The summed E-state index contributed by atoms with van der Waals surface area (Å²) in [7, 11) is 0. The van der Waals surface area contributed by atoms with Crippen molar-refractivity contribution >= 4 is 17.8 Å². The summed E-state index contributed by atoms with van der Waals surface area (Å²) < 4.78 is 5.11. The zero-order chi connectivity index (χ0) is 17.1. The molecular weight excluding hydrogens is 312 g/mol. The average molecular weight is 332 g/mol. The minimum atomic E-state index is -0.927. The highest BCUT2D eigenvalue weighted by Gasteiger charge is 2.37. The lowest BCUT2D eigenvalue weighted by Gasteiger charge is -2.37. The Balaban J connectivity index is 1.60. The van der Waals surface area contributed by atoms with E-state index in [2.05, 4.69) is 0 Å². The summed E-state index contributed by atoms with van der Waals surface area (Å²) in [4.78, 5) is 39.6. The van der Waals surface area contributed by atoms with E-state index in [0.717, 1.165) is 0 Å². The number of carbonyl (C=O) groups is 3. The van der Waals surface area contributed by atoms with E-state index in [0.29, 0.717) is 39.0 Å². The highest BCUT2D eigenvalue weighted by atomic mass is 16.4. The topological polar surface area (TPSA) is 91.1 Å². The second-order valence-corrected chi connectivity index (χ2v) is 6.09. The Kier molecular flexibility index (Phi) is 4.69. The van der Waals surface area contributed by atoms with Crippen LogP contribution in [0.5, 0.6) is 0 Å².